The van der Waals surface area contributed by atoms with Crippen LogP contribution in [0.25, 0.3) is 0 Å². The van der Waals surface area contributed by atoms with Gasteiger partial charge in [-0.15, -0.1) is 0 Å². The molecule has 3 fully saturated rings. The molecule has 2 amide bonds. The van der Waals surface area contributed by atoms with Crippen LogP contribution in [0, 0.1) is 0 Å². The van der Waals surface area contributed by atoms with Gasteiger partial charge in [0.1, 0.15) is 73.2 Å². The number of sulfonamides is 1. The highest BCUT2D eigenvalue weighted by atomic mass is 32.2. The number of amides is 2. The molecular weight excluding hydrogens is 766 g/mol. The molecular formula is C31H57N3O20S. The first-order chi connectivity index (χ1) is 26.0. The van der Waals surface area contributed by atoms with Crippen LogP contribution >= 0.6 is 0 Å². The van der Waals surface area contributed by atoms with Gasteiger partial charge in [0, 0.05) is 32.5 Å². The van der Waals surface area contributed by atoms with E-state index >= 15 is 0 Å². The number of aliphatic hydroxyl groups is 10. The Morgan fingerprint density at radius 3 is 1.80 bits per heavy atom. The quantitative estimate of drug-likeness (QED) is 0.0451. The summed E-state index contributed by atoms with van der Waals surface area (Å²) in [6.07, 6.45) is -24.0. The molecule has 0 aliphatic carbocycles. The number of rotatable bonds is 22. The minimum absolute atomic E-state index is 0.0744. The van der Waals surface area contributed by atoms with Crippen LogP contribution in [0.4, 0.5) is 0 Å². The molecule has 0 bridgehead atoms. The molecule has 3 rings (SSSR count). The summed E-state index contributed by atoms with van der Waals surface area (Å²) in [6.45, 7) is -0.302. The van der Waals surface area contributed by atoms with Crippen molar-refractivity contribution in [3.63, 3.8) is 0 Å². The first kappa shape index (κ1) is 47.6. The minimum atomic E-state index is -3.78. The highest BCUT2D eigenvalue weighted by molar-refractivity contribution is 7.89. The molecule has 0 saturated carbocycles. The van der Waals surface area contributed by atoms with Crippen molar-refractivity contribution < 1.29 is 97.5 Å². The van der Waals surface area contributed by atoms with Crippen LogP contribution in [0.1, 0.15) is 39.0 Å². The van der Waals surface area contributed by atoms with Gasteiger partial charge in [-0.05, 0) is 19.8 Å². The Morgan fingerprint density at radius 1 is 0.618 bits per heavy atom. The molecule has 322 valence electrons. The molecule has 0 spiro atoms. The third kappa shape index (κ3) is 13.9. The highest BCUT2D eigenvalue weighted by Crippen LogP contribution is 2.31. The van der Waals surface area contributed by atoms with E-state index < -0.39 is 140 Å². The Labute approximate surface area is 317 Å². The second-order valence-corrected chi connectivity index (χ2v) is 15.2. The van der Waals surface area contributed by atoms with Crippen LogP contribution in [-0.2, 0) is 48.0 Å². The maximum Gasteiger partial charge on any atom is 0.221 e. The van der Waals surface area contributed by atoms with E-state index in [1.54, 1.807) is 0 Å². The average Bonchev–Trinajstić information content (AvgIpc) is 3.15. The van der Waals surface area contributed by atoms with Gasteiger partial charge in [-0.1, -0.05) is 6.42 Å². The molecule has 3 aliphatic rings. The Kier molecular flexibility index (Phi) is 19.9. The van der Waals surface area contributed by atoms with Crippen molar-refractivity contribution in [1.29, 1.82) is 0 Å². The zero-order valence-corrected chi connectivity index (χ0v) is 31.1. The lowest BCUT2D eigenvalue weighted by atomic mass is 9.96. The van der Waals surface area contributed by atoms with Crippen LogP contribution in [0.5, 0.6) is 0 Å². The molecule has 13 N–H and O–H groups in total. The second-order valence-electron chi connectivity index (χ2n) is 13.3. The SMILES string of the molecule is CCNC(=O)CCCCCNS(=O)(=O)CCC(=O)NCCO[C@@H]1O[C@H](CO[C@H]2O[C@H](CO)[C@@H](O)[C@H](O)[C@@H]2O)[C@@H](O)[C@H](O[C@H]2O[C@H](CO)[C@@H](O)[C@H](O)[C@@H]2O)[C@@H]1O. The van der Waals surface area contributed by atoms with Crippen molar-refractivity contribution in [2.45, 2.75) is 131 Å². The van der Waals surface area contributed by atoms with Gasteiger partial charge in [0.25, 0.3) is 0 Å². The van der Waals surface area contributed by atoms with Gasteiger partial charge in [-0.3, -0.25) is 9.59 Å². The molecule has 3 aliphatic heterocycles. The van der Waals surface area contributed by atoms with Crippen molar-refractivity contribution in [2.24, 2.45) is 0 Å². The summed E-state index contributed by atoms with van der Waals surface area (Å²) in [4.78, 5) is 23.8. The molecule has 24 heteroatoms. The van der Waals surface area contributed by atoms with Crippen molar-refractivity contribution >= 4 is 21.8 Å². The number of unbranched alkanes of at least 4 members (excludes halogenated alkanes) is 2. The lowest BCUT2D eigenvalue weighted by Gasteiger charge is -2.46. The summed E-state index contributed by atoms with van der Waals surface area (Å²) >= 11 is 0. The number of carbonyl (C=O) groups is 2. The summed E-state index contributed by atoms with van der Waals surface area (Å²) in [5.41, 5.74) is 0. The van der Waals surface area contributed by atoms with Crippen LogP contribution in [0.3, 0.4) is 0 Å². The third-order valence-corrected chi connectivity index (χ3v) is 10.5. The first-order valence-electron chi connectivity index (χ1n) is 18.1. The lowest BCUT2D eigenvalue weighted by molar-refractivity contribution is -0.366. The third-order valence-electron chi connectivity index (χ3n) is 9.14. The van der Waals surface area contributed by atoms with E-state index in [1.165, 1.54) is 0 Å². The van der Waals surface area contributed by atoms with Gasteiger partial charge in [0.2, 0.25) is 21.8 Å². The van der Waals surface area contributed by atoms with Crippen molar-refractivity contribution in [1.82, 2.24) is 15.4 Å². The topological polar surface area (TPSA) is 362 Å². The fourth-order valence-corrected chi connectivity index (χ4v) is 6.98. The lowest BCUT2D eigenvalue weighted by Crippen LogP contribution is -2.65. The summed E-state index contributed by atoms with van der Waals surface area (Å²) in [7, 11) is -3.78. The first-order valence-corrected chi connectivity index (χ1v) is 19.7. The Morgan fingerprint density at radius 2 is 1.18 bits per heavy atom. The van der Waals surface area contributed by atoms with Crippen molar-refractivity contribution in [2.75, 3.05) is 51.8 Å². The molecule has 0 aromatic carbocycles. The number of hydrogen-bond donors (Lipinski definition) is 13. The number of carbonyl (C=O) groups excluding carboxylic acids is 2. The Hall–Kier alpha value is -1.79. The molecule has 15 atom stereocenters. The van der Waals surface area contributed by atoms with E-state index in [4.69, 9.17) is 28.4 Å². The van der Waals surface area contributed by atoms with E-state index in [-0.39, 0.29) is 25.6 Å². The predicted octanol–water partition coefficient (Wildman–Crippen LogP) is -7.43. The number of hydrogen-bond acceptors (Lipinski definition) is 20. The van der Waals surface area contributed by atoms with E-state index in [0.29, 0.717) is 32.2 Å². The van der Waals surface area contributed by atoms with E-state index in [9.17, 15) is 69.1 Å². The highest BCUT2D eigenvalue weighted by Gasteiger charge is 2.52. The number of aliphatic hydroxyl groups excluding tert-OH is 10. The zero-order chi connectivity index (χ0) is 40.9. The van der Waals surface area contributed by atoms with E-state index in [1.807, 2.05) is 6.92 Å². The standard InChI is InChI=1S/C31H57N3O20S/c1-2-32-18(37)6-4-3-5-8-34-55(47,48)11-7-19(38)33-9-10-49-30-27(46)28(54-31-26(45)24(43)21(40)16(13-36)52-31)22(41)17(53-30)14-50-29-25(44)23(42)20(39)15(12-35)51-29/h15-17,20-31,34-36,39-46H,2-14H2,1H3,(H,32,37)(H,33,38)/t15-,16-,17-,20-,21-,22-,23+,24+,25+,26+,27+,28+,29+,30-,31-/m1/s1. The Balaban J connectivity index is 1.55. The normalized spacial score (nSPS) is 37.0. The Bertz CT molecular complexity index is 1270. The predicted molar refractivity (Wildman–Crippen MR) is 182 cm³/mol. The minimum Gasteiger partial charge on any atom is -0.394 e. The van der Waals surface area contributed by atoms with Gasteiger partial charge >= 0.3 is 0 Å². The van der Waals surface area contributed by atoms with Gasteiger partial charge < -0.3 is 90.1 Å². The molecule has 0 aromatic heterocycles. The molecule has 23 nitrogen and oxygen atoms in total. The fraction of sp³-hybridized carbons (Fsp3) is 0.935. The van der Waals surface area contributed by atoms with Crippen LogP contribution in [-0.4, -0.2) is 215 Å². The average molecular weight is 824 g/mol. The maximum absolute atomic E-state index is 12.4. The largest absolute Gasteiger partial charge is 0.394 e. The summed E-state index contributed by atoms with van der Waals surface area (Å²) in [5.74, 6) is -1.23. The summed E-state index contributed by atoms with van der Waals surface area (Å²) in [6, 6.07) is 0. The van der Waals surface area contributed by atoms with Crippen molar-refractivity contribution in [3.05, 3.63) is 0 Å². The van der Waals surface area contributed by atoms with Crippen molar-refractivity contribution in [3.8, 4) is 0 Å². The molecule has 0 unspecified atom stereocenters. The van der Waals surface area contributed by atoms with E-state index in [0.717, 1.165) is 0 Å². The van der Waals surface area contributed by atoms with Gasteiger partial charge in [0.15, 0.2) is 18.9 Å². The number of nitrogens with one attached hydrogen (secondary N) is 3. The van der Waals surface area contributed by atoms with Gasteiger partial charge in [-0.25, -0.2) is 13.1 Å². The summed E-state index contributed by atoms with van der Waals surface area (Å²) in [5, 5.41) is 108. The van der Waals surface area contributed by atoms with Crippen LogP contribution in [0.15, 0.2) is 0 Å². The molecule has 0 radical (unpaired) electrons. The molecule has 55 heavy (non-hydrogen) atoms. The van der Waals surface area contributed by atoms with E-state index in [2.05, 4.69) is 15.4 Å². The molecule has 0 aromatic rings. The molecule has 3 heterocycles. The zero-order valence-electron chi connectivity index (χ0n) is 30.3. The second kappa shape index (κ2) is 23.0. The van der Waals surface area contributed by atoms with Crippen LogP contribution < -0.4 is 15.4 Å². The summed E-state index contributed by atoms with van der Waals surface area (Å²) < 4.78 is 60.0. The van der Waals surface area contributed by atoms with Gasteiger partial charge in [-0.2, -0.15) is 0 Å². The smallest absolute Gasteiger partial charge is 0.221 e. The van der Waals surface area contributed by atoms with Crippen LogP contribution in [0.2, 0.25) is 0 Å². The van der Waals surface area contributed by atoms with Gasteiger partial charge in [0.05, 0.1) is 32.2 Å². The monoisotopic (exact) mass is 823 g/mol. The molecule has 3 saturated heterocycles. The maximum atomic E-state index is 12.4. The fourth-order valence-electron chi connectivity index (χ4n) is 5.92. The number of ether oxygens (including phenoxy) is 6.